The molecule has 7 rings (SSSR count). The number of benzene rings is 2. The van der Waals surface area contributed by atoms with Crippen molar-refractivity contribution in [3.8, 4) is 23.0 Å². The number of Topliss-reactive ketones (excluding diaryl/α,β-unsaturated/α-hetero) is 1. The van der Waals surface area contributed by atoms with Gasteiger partial charge in [-0.05, 0) is 113 Å². The lowest BCUT2D eigenvalue weighted by Crippen LogP contribution is -2.57. The Morgan fingerprint density at radius 2 is 1.83 bits per heavy atom. The molecule has 6 bridgehead atoms. The van der Waals surface area contributed by atoms with Gasteiger partial charge < -0.3 is 29.6 Å². The minimum absolute atomic E-state index is 0.0134. The first kappa shape index (κ1) is 53.0. The number of aryl methyl sites for hydroxylation is 1. The predicted molar refractivity (Wildman–Crippen MR) is 277 cm³/mol. The van der Waals surface area contributed by atoms with Crippen molar-refractivity contribution in [2.45, 2.75) is 91.8 Å². The van der Waals surface area contributed by atoms with Crippen LogP contribution in [0.1, 0.15) is 77.1 Å². The fourth-order valence-corrected chi connectivity index (χ4v) is 10.7. The molecule has 0 unspecified atom stereocenters. The minimum Gasteiger partial charge on any atom is -0.464 e. The molecule has 2 aromatic carbocycles. The SMILES string of the molecule is CCn1c(C2=C(COC)NCC=C2)c2c3cc(ccc31)-c1cccc(c1)C[C@H](CCNC(=O)[C@H](C(C)C)N(C)CC(=O)[C@H]1CCN(C(=O)C#CCN(C)C)C1)C(=O)N1CCC[C@H](N1)C(=O)OCC(C)(C)C2. The molecule has 3 amide bonds. The van der Waals surface area contributed by atoms with E-state index in [9.17, 15) is 24.0 Å². The molecule has 0 spiro atoms. The highest BCUT2D eigenvalue weighted by Gasteiger charge is 2.37. The third-order valence-electron chi connectivity index (χ3n) is 14.3. The van der Waals surface area contributed by atoms with Crippen LogP contribution in [0.2, 0.25) is 0 Å². The summed E-state index contributed by atoms with van der Waals surface area (Å²) >= 11 is 0. The summed E-state index contributed by atoms with van der Waals surface area (Å²) in [5, 5.41) is 9.40. The third kappa shape index (κ3) is 12.8. The molecule has 0 saturated carbocycles. The molecule has 4 aliphatic rings. The number of aromatic nitrogens is 1. The number of rotatable bonds is 14. The number of hydrazine groups is 1. The number of ketones is 1. The molecule has 71 heavy (non-hydrogen) atoms. The summed E-state index contributed by atoms with van der Waals surface area (Å²) in [6.07, 6.45) is 7.46. The second-order valence-corrected chi connectivity index (χ2v) is 21.2. The Balaban J connectivity index is 1.13. The number of methoxy groups -OCH3 is 1. The van der Waals surface area contributed by atoms with E-state index in [2.05, 4.69) is 95.7 Å². The highest BCUT2D eigenvalue weighted by molar-refractivity contribution is 5.96. The molecular weight excluding hydrogens is 897 g/mol. The van der Waals surface area contributed by atoms with Gasteiger partial charge in [-0.15, -0.1) is 0 Å². The Bertz CT molecular complexity index is 2580. The minimum atomic E-state index is -0.689. The standard InChI is InChI=1S/C56H76N8O7/c1-10-63-48-21-20-40-31-44(48)45(52(63)43-17-12-24-57-47(43)35-70-9)32-56(4,5)36-71-55(69)46-18-13-27-64(59-46)54(68)41(30-38-15-11-16-39(40)29-38)22-25-58-53(67)51(37(2)3)61(8)34-49(65)42-23-28-62(33-42)50(66)19-14-26-60(6)7/h11-12,15-17,20-21,29,31,37,41-42,46,51,57,59H,10,13,18,22-28,30,32-36H2,1-9H3,(H,58,67)/t41-,42-,46-,51-/m0/s1. The number of dihydropyridines is 1. The van der Waals surface area contributed by atoms with Gasteiger partial charge in [0.25, 0.3) is 5.91 Å². The molecule has 0 radical (unpaired) electrons. The Labute approximate surface area is 420 Å². The maximum Gasteiger partial charge on any atom is 0.324 e. The van der Waals surface area contributed by atoms with Crippen LogP contribution in [0.4, 0.5) is 0 Å². The van der Waals surface area contributed by atoms with Crippen molar-refractivity contribution >= 4 is 46.0 Å². The van der Waals surface area contributed by atoms with Crippen LogP contribution in [0, 0.1) is 35.0 Å². The van der Waals surface area contributed by atoms with E-state index in [1.807, 2.05) is 45.0 Å². The van der Waals surface area contributed by atoms with Crippen LogP contribution in [0.15, 0.2) is 60.3 Å². The first-order valence-corrected chi connectivity index (χ1v) is 25.5. The number of ether oxygens (including phenoxy) is 2. The van der Waals surface area contributed by atoms with Crippen molar-refractivity contribution in [1.82, 2.24) is 40.3 Å². The molecular formula is C56H76N8O7. The lowest BCUT2D eigenvalue weighted by atomic mass is 9.84. The van der Waals surface area contributed by atoms with Crippen LogP contribution in [0.3, 0.4) is 0 Å². The fourth-order valence-electron chi connectivity index (χ4n) is 10.7. The van der Waals surface area contributed by atoms with E-state index in [-0.39, 0.29) is 61.0 Å². The molecule has 15 heteroatoms. The first-order valence-electron chi connectivity index (χ1n) is 25.5. The van der Waals surface area contributed by atoms with E-state index in [1.165, 1.54) is 5.56 Å². The number of fused-ring (bicyclic) bond motifs is 6. The van der Waals surface area contributed by atoms with Gasteiger partial charge in [-0.3, -0.25) is 38.8 Å². The molecule has 2 saturated heterocycles. The molecule has 2 fully saturated rings. The summed E-state index contributed by atoms with van der Waals surface area (Å²) in [6, 6.07) is 13.7. The molecule has 1 aromatic heterocycles. The first-order chi connectivity index (χ1) is 34.0. The smallest absolute Gasteiger partial charge is 0.324 e. The number of carbonyl (C=O) groups excluding carboxylic acids is 5. The van der Waals surface area contributed by atoms with Crippen LogP contribution in [-0.4, -0.2) is 153 Å². The average molecular weight is 973 g/mol. The van der Waals surface area contributed by atoms with Gasteiger partial charge in [0.2, 0.25) is 11.8 Å². The van der Waals surface area contributed by atoms with Crippen LogP contribution in [0.25, 0.3) is 27.6 Å². The average Bonchev–Trinajstić information content (AvgIpc) is 3.96. The fraction of sp³-hybridized carbons (Fsp3) is 0.554. The number of allylic oxidation sites excluding steroid dienone is 2. The Morgan fingerprint density at radius 1 is 1.04 bits per heavy atom. The van der Waals surface area contributed by atoms with E-state index < -0.39 is 23.4 Å². The molecule has 15 nitrogen and oxygen atoms in total. The quantitative estimate of drug-likeness (QED) is 0.147. The normalized spacial score (nSPS) is 21.0. The molecule has 382 valence electrons. The number of hydrogen-bond donors (Lipinski definition) is 3. The summed E-state index contributed by atoms with van der Waals surface area (Å²) < 4.78 is 14.2. The zero-order valence-electron chi connectivity index (χ0n) is 43.5. The number of amides is 3. The van der Waals surface area contributed by atoms with Crippen LogP contribution >= 0.6 is 0 Å². The Morgan fingerprint density at radius 3 is 2.58 bits per heavy atom. The lowest BCUT2D eigenvalue weighted by Gasteiger charge is -2.36. The number of nitrogens with zero attached hydrogens (tertiary/aromatic N) is 5. The van der Waals surface area contributed by atoms with Gasteiger partial charge >= 0.3 is 5.97 Å². The zero-order chi connectivity index (χ0) is 51.0. The van der Waals surface area contributed by atoms with Crippen molar-refractivity contribution in [3.05, 3.63) is 77.1 Å². The number of nitrogens with one attached hydrogen (secondary N) is 3. The number of hydrogen-bond acceptors (Lipinski definition) is 11. The van der Waals surface area contributed by atoms with E-state index in [0.717, 1.165) is 57.6 Å². The van der Waals surface area contributed by atoms with Crippen molar-refractivity contribution in [2.75, 3.05) is 87.3 Å². The summed E-state index contributed by atoms with van der Waals surface area (Å²) in [6.45, 7) is 14.5. The monoisotopic (exact) mass is 973 g/mol. The Hall–Kier alpha value is -5.79. The summed E-state index contributed by atoms with van der Waals surface area (Å²) in [5.74, 6) is 3.55. The van der Waals surface area contributed by atoms with E-state index in [1.54, 1.807) is 29.0 Å². The van der Waals surface area contributed by atoms with Gasteiger partial charge in [-0.25, -0.2) is 5.43 Å². The predicted octanol–water partition coefficient (Wildman–Crippen LogP) is 5.07. The van der Waals surface area contributed by atoms with Crippen LogP contribution in [-0.2, 0) is 52.8 Å². The summed E-state index contributed by atoms with van der Waals surface area (Å²) in [4.78, 5) is 74.2. The van der Waals surface area contributed by atoms with Gasteiger partial charge in [0, 0.05) is 85.8 Å². The van der Waals surface area contributed by atoms with E-state index >= 15 is 0 Å². The number of likely N-dealkylation sites (tertiary alicyclic amines) is 1. The molecule has 4 atom stereocenters. The summed E-state index contributed by atoms with van der Waals surface area (Å²) in [7, 11) is 7.28. The topological polar surface area (TPSA) is 158 Å². The van der Waals surface area contributed by atoms with Gasteiger partial charge in [0.05, 0.1) is 38.0 Å². The third-order valence-corrected chi connectivity index (χ3v) is 14.3. The van der Waals surface area contributed by atoms with Crippen molar-refractivity contribution < 1.29 is 33.4 Å². The summed E-state index contributed by atoms with van der Waals surface area (Å²) in [5.41, 5.74) is 11.4. The second kappa shape index (κ2) is 23.6. The van der Waals surface area contributed by atoms with Gasteiger partial charge in [-0.1, -0.05) is 76.1 Å². The number of carbonyl (C=O) groups is 5. The van der Waals surface area contributed by atoms with E-state index in [4.69, 9.17) is 9.47 Å². The molecule has 0 aliphatic carbocycles. The van der Waals surface area contributed by atoms with Gasteiger partial charge in [0.1, 0.15) is 6.04 Å². The molecule has 5 heterocycles. The van der Waals surface area contributed by atoms with Crippen molar-refractivity contribution in [2.24, 2.45) is 23.2 Å². The Kier molecular flexibility index (Phi) is 17.6. The van der Waals surface area contributed by atoms with Crippen LogP contribution < -0.4 is 16.1 Å². The molecule has 3 N–H and O–H groups in total. The molecule has 3 aromatic rings. The maximum atomic E-state index is 14.7. The number of likely N-dealkylation sites (N-methyl/N-ethyl adjacent to an activating group) is 1. The highest BCUT2D eigenvalue weighted by atomic mass is 16.5. The maximum absolute atomic E-state index is 14.7. The second-order valence-electron chi connectivity index (χ2n) is 21.2. The van der Waals surface area contributed by atoms with Gasteiger partial charge in [0.15, 0.2) is 5.78 Å². The lowest BCUT2D eigenvalue weighted by molar-refractivity contribution is -0.155. The molecule has 4 aliphatic heterocycles. The van der Waals surface area contributed by atoms with Gasteiger partial charge in [-0.2, -0.15) is 0 Å². The number of cyclic esters (lactones) is 1. The van der Waals surface area contributed by atoms with Crippen LogP contribution in [0.5, 0.6) is 0 Å². The van der Waals surface area contributed by atoms with Crippen molar-refractivity contribution in [3.63, 3.8) is 0 Å². The largest absolute Gasteiger partial charge is 0.464 e. The highest BCUT2D eigenvalue weighted by Crippen LogP contribution is 2.40. The number of esters is 1. The van der Waals surface area contributed by atoms with E-state index in [0.29, 0.717) is 71.3 Å². The zero-order valence-corrected chi connectivity index (χ0v) is 43.5. The van der Waals surface area contributed by atoms with Crippen molar-refractivity contribution in [1.29, 1.82) is 0 Å².